The Balaban J connectivity index is 3.22. The Kier molecular flexibility index (Phi) is 7.23. The van der Waals surface area contributed by atoms with Crippen LogP contribution in [-0.2, 0) is 29.1 Å². The number of nitrogens with one attached hydrogen (secondary N) is 1. The first kappa shape index (κ1) is 18.7. The van der Waals surface area contributed by atoms with Crippen LogP contribution in [-0.4, -0.2) is 51.9 Å². The van der Waals surface area contributed by atoms with Gasteiger partial charge in [-0.3, -0.25) is 15.1 Å². The van der Waals surface area contributed by atoms with E-state index in [4.69, 9.17) is 9.68 Å². The second-order valence-corrected chi connectivity index (χ2v) is 6.08. The van der Waals surface area contributed by atoms with E-state index in [2.05, 4.69) is 15.5 Å². The van der Waals surface area contributed by atoms with Gasteiger partial charge in [0.2, 0.25) is 15.9 Å². The predicted octanol–water partition coefficient (Wildman–Crippen LogP) is 0.0189. The summed E-state index contributed by atoms with van der Waals surface area (Å²) in [6.07, 6.45) is 2.52. The molecular weight excluding hydrogens is 328 g/mol. The minimum Gasteiger partial charge on any atom is -0.279 e. The normalized spacial score (nSPS) is 12.1. The van der Waals surface area contributed by atoms with Gasteiger partial charge in [0.15, 0.2) is 5.37 Å². The van der Waals surface area contributed by atoms with Crippen LogP contribution in [0.2, 0.25) is 0 Å². The molecule has 0 saturated carbocycles. The topological polar surface area (TPSA) is 127 Å². The summed E-state index contributed by atoms with van der Waals surface area (Å²) in [5.74, 6) is 0. The van der Waals surface area contributed by atoms with E-state index in [0.29, 0.717) is 0 Å². The molecule has 0 spiro atoms. The third-order valence-corrected chi connectivity index (χ3v) is 4.59. The van der Waals surface area contributed by atoms with E-state index in [1.165, 1.54) is 50.6 Å². The summed E-state index contributed by atoms with van der Waals surface area (Å²) in [5.41, 5.74) is 2.28. The van der Waals surface area contributed by atoms with Crippen molar-refractivity contribution in [3.05, 3.63) is 24.3 Å². The van der Waals surface area contributed by atoms with Crippen LogP contribution in [0.4, 0.5) is 5.69 Å². The maximum atomic E-state index is 12.6. The molecule has 0 aliphatic carbocycles. The SMILES string of the molecule is CON(CC(NN=C=O)S(=O)(=O)c1cccc(N=C=O)c1)OC. The largest absolute Gasteiger partial charge is 0.279 e. The highest BCUT2D eigenvalue weighted by Gasteiger charge is 2.30. The minimum absolute atomic E-state index is 0.119. The summed E-state index contributed by atoms with van der Waals surface area (Å²) in [6, 6.07) is 5.34. The third kappa shape index (κ3) is 5.08. The van der Waals surface area contributed by atoms with Gasteiger partial charge < -0.3 is 0 Å². The molecule has 1 aromatic rings. The molecule has 124 valence electrons. The molecule has 0 saturated heterocycles. The van der Waals surface area contributed by atoms with Crippen LogP contribution in [0.5, 0.6) is 0 Å². The zero-order valence-corrected chi connectivity index (χ0v) is 13.1. The molecule has 0 aliphatic heterocycles. The van der Waals surface area contributed by atoms with E-state index < -0.39 is 15.2 Å². The molecule has 0 fully saturated rings. The number of hydrogen-bond acceptors (Lipinski definition) is 10. The zero-order valence-electron chi connectivity index (χ0n) is 12.3. The summed E-state index contributed by atoms with van der Waals surface area (Å²) >= 11 is 0. The van der Waals surface area contributed by atoms with Crippen LogP contribution in [0.1, 0.15) is 0 Å². The number of sulfone groups is 1. The molecule has 0 aromatic heterocycles. The van der Waals surface area contributed by atoms with Crippen molar-refractivity contribution >= 4 is 27.7 Å². The molecule has 0 heterocycles. The molecule has 0 radical (unpaired) electrons. The maximum absolute atomic E-state index is 12.6. The van der Waals surface area contributed by atoms with E-state index in [1.54, 1.807) is 0 Å². The van der Waals surface area contributed by atoms with E-state index in [9.17, 15) is 18.0 Å². The lowest BCUT2D eigenvalue weighted by Crippen LogP contribution is -2.43. The fraction of sp³-hybridized carbons (Fsp3) is 0.333. The molecule has 11 heteroatoms. The molecule has 10 nitrogen and oxygen atoms in total. The van der Waals surface area contributed by atoms with Gasteiger partial charge in [0.25, 0.3) is 6.08 Å². The summed E-state index contributed by atoms with van der Waals surface area (Å²) in [5, 5.41) is 2.59. The van der Waals surface area contributed by atoms with Crippen molar-refractivity contribution in [3.63, 3.8) is 0 Å². The maximum Gasteiger partial charge on any atom is 0.258 e. The molecule has 0 amide bonds. The quantitative estimate of drug-likeness (QED) is 0.378. The molecule has 1 aromatic carbocycles. The summed E-state index contributed by atoms with van der Waals surface area (Å²) in [7, 11) is -1.46. The zero-order chi connectivity index (χ0) is 17.3. The smallest absolute Gasteiger partial charge is 0.258 e. The Hall–Kier alpha value is -2.39. The average molecular weight is 342 g/mol. The van der Waals surface area contributed by atoms with Crippen molar-refractivity contribution < 1.29 is 27.7 Å². The van der Waals surface area contributed by atoms with Crippen LogP contribution < -0.4 is 5.43 Å². The fourth-order valence-corrected chi connectivity index (χ4v) is 3.00. The summed E-state index contributed by atoms with van der Waals surface area (Å²) in [4.78, 5) is 33.4. The van der Waals surface area contributed by atoms with E-state index >= 15 is 0 Å². The Labute approximate surface area is 132 Å². The number of aliphatic imine (C=N–C) groups is 1. The Morgan fingerprint density at radius 2 is 1.96 bits per heavy atom. The third-order valence-electron chi connectivity index (χ3n) is 2.67. The average Bonchev–Trinajstić information content (AvgIpc) is 2.55. The molecular formula is C12H14N4O6S. The summed E-state index contributed by atoms with van der Waals surface area (Å²) in [6.45, 7) is -0.304. The van der Waals surface area contributed by atoms with Gasteiger partial charge in [0, 0.05) is 0 Å². The highest BCUT2D eigenvalue weighted by atomic mass is 32.2. The van der Waals surface area contributed by atoms with Gasteiger partial charge in [-0.2, -0.15) is 4.99 Å². The summed E-state index contributed by atoms with van der Waals surface area (Å²) < 4.78 is 25.3. The lowest BCUT2D eigenvalue weighted by atomic mass is 10.3. The number of hydrogen-bond donors (Lipinski definition) is 1. The van der Waals surface area contributed by atoms with Crippen LogP contribution in [0.25, 0.3) is 0 Å². The Bertz CT molecular complexity index is 721. The predicted molar refractivity (Wildman–Crippen MR) is 77.2 cm³/mol. The number of nitrogens with zero attached hydrogens (tertiary/aromatic N) is 3. The molecule has 0 aliphatic rings. The van der Waals surface area contributed by atoms with Crippen molar-refractivity contribution in [1.29, 1.82) is 0 Å². The highest BCUT2D eigenvalue weighted by molar-refractivity contribution is 7.92. The molecule has 0 bridgehead atoms. The first-order valence-electron chi connectivity index (χ1n) is 6.09. The van der Waals surface area contributed by atoms with Crippen LogP contribution in [0.15, 0.2) is 39.3 Å². The van der Waals surface area contributed by atoms with E-state index in [0.717, 1.165) is 5.23 Å². The van der Waals surface area contributed by atoms with Crippen molar-refractivity contribution in [2.75, 3.05) is 20.8 Å². The number of benzene rings is 1. The van der Waals surface area contributed by atoms with Gasteiger partial charge in [-0.05, 0) is 18.2 Å². The Morgan fingerprint density at radius 3 is 2.52 bits per heavy atom. The number of carbonyl (C=O) groups excluding carboxylic acids is 2. The molecule has 1 rings (SSSR count). The van der Waals surface area contributed by atoms with Crippen LogP contribution in [0.3, 0.4) is 0 Å². The van der Waals surface area contributed by atoms with Crippen molar-refractivity contribution in [2.45, 2.75) is 10.3 Å². The van der Waals surface area contributed by atoms with Crippen molar-refractivity contribution in [1.82, 2.24) is 10.7 Å². The highest BCUT2D eigenvalue weighted by Crippen LogP contribution is 2.21. The standard InChI is InChI=1S/C12H14N4O6S/c1-21-16(22-2)7-12(15-14-9-18)23(19,20)11-5-3-4-10(6-11)13-8-17/h3-6,12,15H,7H2,1-2H3. The van der Waals surface area contributed by atoms with Gasteiger partial charge in [0.1, 0.15) is 0 Å². The van der Waals surface area contributed by atoms with Gasteiger partial charge in [-0.25, -0.2) is 18.0 Å². The van der Waals surface area contributed by atoms with E-state index in [-0.39, 0.29) is 17.1 Å². The van der Waals surface area contributed by atoms with Gasteiger partial charge >= 0.3 is 0 Å². The van der Waals surface area contributed by atoms with Gasteiger partial charge in [0.05, 0.1) is 31.3 Å². The second kappa shape index (κ2) is 8.91. The van der Waals surface area contributed by atoms with Crippen LogP contribution in [0, 0.1) is 0 Å². The Morgan fingerprint density at radius 1 is 1.26 bits per heavy atom. The lowest BCUT2D eigenvalue weighted by molar-refractivity contribution is -0.342. The van der Waals surface area contributed by atoms with E-state index in [1.807, 2.05) is 0 Å². The lowest BCUT2D eigenvalue weighted by Gasteiger charge is -2.22. The first-order valence-corrected chi connectivity index (χ1v) is 7.64. The van der Waals surface area contributed by atoms with Gasteiger partial charge in [-0.15, -0.1) is 0 Å². The first-order chi connectivity index (χ1) is 11.0. The number of hydrazone groups is 1. The molecule has 1 unspecified atom stereocenters. The fourth-order valence-electron chi connectivity index (χ4n) is 1.61. The number of rotatable bonds is 9. The molecule has 1 atom stereocenters. The number of isocyanates is 2. The second-order valence-electron chi connectivity index (χ2n) is 3.95. The van der Waals surface area contributed by atoms with Gasteiger partial charge in [-0.1, -0.05) is 16.4 Å². The van der Waals surface area contributed by atoms with Crippen LogP contribution >= 0.6 is 0 Å². The van der Waals surface area contributed by atoms with Crippen molar-refractivity contribution in [3.8, 4) is 0 Å². The molecule has 23 heavy (non-hydrogen) atoms. The number of hydroxylamine groups is 2. The monoisotopic (exact) mass is 342 g/mol. The minimum atomic E-state index is -4.00. The molecule has 1 N–H and O–H groups in total. The van der Waals surface area contributed by atoms with Crippen molar-refractivity contribution in [2.24, 2.45) is 10.1 Å².